The molecule has 1 saturated heterocycles. The maximum Gasteiger partial charge on any atom is 0.407 e. The van der Waals surface area contributed by atoms with Gasteiger partial charge in [-0.15, -0.1) is 11.8 Å². The molecule has 3 amide bonds. The van der Waals surface area contributed by atoms with Crippen molar-refractivity contribution in [2.24, 2.45) is 5.92 Å². The first-order chi connectivity index (χ1) is 19.8. The van der Waals surface area contributed by atoms with Crippen molar-refractivity contribution in [1.82, 2.24) is 25.5 Å². The Kier molecular flexibility index (Phi) is 12.6. The molecule has 0 spiro atoms. The highest BCUT2D eigenvalue weighted by Crippen LogP contribution is 2.32. The number of anilines is 1. The highest BCUT2D eigenvalue weighted by Gasteiger charge is 2.26. The number of aromatic nitrogens is 2. The van der Waals surface area contributed by atoms with Crippen LogP contribution in [0.15, 0.2) is 21.0 Å². The molecule has 0 saturated carbocycles. The number of carbonyl (C=O) groups is 3. The minimum absolute atomic E-state index is 0.0363. The van der Waals surface area contributed by atoms with E-state index in [-0.39, 0.29) is 29.7 Å². The number of amides is 3. The molecule has 234 valence electrons. The van der Waals surface area contributed by atoms with Crippen molar-refractivity contribution in [3.05, 3.63) is 24.0 Å². The number of hydrogen-bond acceptors (Lipinski definition) is 11. The fraction of sp³-hybridized carbons (Fsp3) is 0.679. The zero-order valence-electron chi connectivity index (χ0n) is 25.4. The molecule has 0 unspecified atom stereocenters. The molecular weight excluding hydrogens is 580 g/mol. The number of ether oxygens (including phenoxy) is 2. The minimum Gasteiger partial charge on any atom is -0.444 e. The number of alkyl carbamates (subject to hydrolysis) is 1. The number of thiazole rings is 1. The first-order valence-electron chi connectivity index (χ1n) is 14.2. The van der Waals surface area contributed by atoms with Gasteiger partial charge in [-0.3, -0.25) is 14.5 Å². The summed E-state index contributed by atoms with van der Waals surface area (Å²) in [6, 6.07) is 0. The number of nitrogens with one attached hydrogen (secondary N) is 3. The van der Waals surface area contributed by atoms with E-state index in [2.05, 4.69) is 51.6 Å². The molecule has 0 bridgehead atoms. The molecule has 14 heteroatoms. The van der Waals surface area contributed by atoms with E-state index in [9.17, 15) is 14.4 Å². The Hall–Kier alpha value is -2.68. The van der Waals surface area contributed by atoms with Crippen molar-refractivity contribution in [3.63, 3.8) is 0 Å². The Morgan fingerprint density at radius 3 is 2.38 bits per heavy atom. The van der Waals surface area contributed by atoms with Crippen LogP contribution in [0.2, 0.25) is 0 Å². The maximum absolute atomic E-state index is 12.8. The molecule has 3 rings (SSSR count). The number of thioether (sulfide) groups is 1. The van der Waals surface area contributed by atoms with E-state index >= 15 is 0 Å². The van der Waals surface area contributed by atoms with Gasteiger partial charge in [0.25, 0.3) is 0 Å². The van der Waals surface area contributed by atoms with Crippen molar-refractivity contribution in [2.45, 2.75) is 75.4 Å². The summed E-state index contributed by atoms with van der Waals surface area (Å²) in [5.74, 6) is 1.89. The number of carbonyl (C=O) groups excluding carboxylic acids is 3. The van der Waals surface area contributed by atoms with E-state index in [1.165, 1.54) is 11.3 Å². The third-order valence-corrected chi connectivity index (χ3v) is 8.25. The number of piperidine rings is 1. The number of rotatable bonds is 13. The molecule has 1 aliphatic rings. The fourth-order valence-corrected chi connectivity index (χ4v) is 5.69. The summed E-state index contributed by atoms with van der Waals surface area (Å²) in [4.78, 5) is 47.4. The van der Waals surface area contributed by atoms with Crippen LogP contribution in [-0.4, -0.2) is 84.3 Å². The first-order valence-corrected chi connectivity index (χ1v) is 16.0. The standard InChI is InChI=1S/C28H44N6O6S2/c1-27(2,3)20-15-31-22(39-20)18-41-23-16-32-25(42-23)33-24(36)19-7-11-34(12-8-19)17-21(35)29-9-13-38-14-10-30-26(37)40-28(4,5)6/h15-16,19H,7-14,17-18H2,1-6H3,(H,29,35)(H,30,37)(H,32,33,36). The number of nitrogens with zero attached hydrogens (tertiary/aromatic N) is 3. The molecule has 0 aromatic carbocycles. The largest absolute Gasteiger partial charge is 0.444 e. The summed E-state index contributed by atoms with van der Waals surface area (Å²) < 4.78 is 17.4. The van der Waals surface area contributed by atoms with E-state index in [1.54, 1.807) is 44.9 Å². The molecular formula is C28H44N6O6S2. The van der Waals surface area contributed by atoms with Crippen molar-refractivity contribution >= 4 is 46.1 Å². The Balaban J connectivity index is 1.25. The third kappa shape index (κ3) is 12.3. The Bertz CT molecular complexity index is 1160. The summed E-state index contributed by atoms with van der Waals surface area (Å²) in [6.45, 7) is 14.7. The van der Waals surface area contributed by atoms with Gasteiger partial charge in [-0.1, -0.05) is 32.1 Å². The highest BCUT2D eigenvalue weighted by molar-refractivity contribution is 8.00. The molecule has 0 aliphatic carbocycles. The Morgan fingerprint density at radius 2 is 1.74 bits per heavy atom. The molecule has 2 aromatic rings. The number of oxazole rings is 1. The lowest BCUT2D eigenvalue weighted by atomic mass is 9.94. The quantitative estimate of drug-likeness (QED) is 0.220. The van der Waals surface area contributed by atoms with Crippen molar-refractivity contribution in [2.75, 3.05) is 51.3 Å². The molecule has 0 radical (unpaired) electrons. The summed E-state index contributed by atoms with van der Waals surface area (Å²) in [6.07, 6.45) is 4.41. The second-order valence-electron chi connectivity index (χ2n) is 12.1. The van der Waals surface area contributed by atoms with Gasteiger partial charge >= 0.3 is 6.09 Å². The van der Waals surface area contributed by atoms with Gasteiger partial charge in [0.15, 0.2) is 5.13 Å². The van der Waals surface area contributed by atoms with Crippen LogP contribution in [0.25, 0.3) is 0 Å². The van der Waals surface area contributed by atoms with Crippen LogP contribution in [0.5, 0.6) is 0 Å². The zero-order chi connectivity index (χ0) is 30.8. The normalized spacial score (nSPS) is 14.9. The fourth-order valence-electron chi connectivity index (χ4n) is 3.96. The molecule has 1 aliphatic heterocycles. The van der Waals surface area contributed by atoms with Crippen molar-refractivity contribution in [3.8, 4) is 0 Å². The SMILES string of the molecule is CC(C)(C)OC(=O)NCCOCCNC(=O)CN1CCC(C(=O)Nc2ncc(SCc3ncc(C(C)(C)C)o3)s2)CC1. The number of likely N-dealkylation sites (tertiary alicyclic amines) is 1. The van der Waals surface area contributed by atoms with Crippen LogP contribution in [0, 0.1) is 5.92 Å². The maximum atomic E-state index is 12.8. The second kappa shape index (κ2) is 15.7. The molecule has 3 N–H and O–H groups in total. The molecule has 42 heavy (non-hydrogen) atoms. The molecule has 2 aromatic heterocycles. The average molecular weight is 625 g/mol. The minimum atomic E-state index is -0.542. The van der Waals surface area contributed by atoms with E-state index in [0.717, 1.165) is 9.97 Å². The summed E-state index contributed by atoms with van der Waals surface area (Å²) in [7, 11) is 0. The lowest BCUT2D eigenvalue weighted by Crippen LogP contribution is -2.44. The van der Waals surface area contributed by atoms with Crippen molar-refractivity contribution in [1.29, 1.82) is 0 Å². The van der Waals surface area contributed by atoms with Crippen LogP contribution >= 0.6 is 23.1 Å². The van der Waals surface area contributed by atoms with Gasteiger partial charge < -0.3 is 29.8 Å². The predicted octanol–water partition coefficient (Wildman–Crippen LogP) is 4.03. The molecule has 12 nitrogen and oxygen atoms in total. The lowest BCUT2D eigenvalue weighted by molar-refractivity contribution is -0.123. The van der Waals surface area contributed by atoms with E-state index in [0.29, 0.717) is 69.0 Å². The predicted molar refractivity (Wildman–Crippen MR) is 163 cm³/mol. The molecule has 1 fully saturated rings. The van der Waals surface area contributed by atoms with Crippen molar-refractivity contribution < 1.29 is 28.3 Å². The van der Waals surface area contributed by atoms with Crippen LogP contribution < -0.4 is 16.0 Å². The molecule has 0 atom stereocenters. The highest BCUT2D eigenvalue weighted by atomic mass is 32.2. The average Bonchev–Trinajstić information content (AvgIpc) is 3.56. The van der Waals surface area contributed by atoms with Gasteiger partial charge in [0.05, 0.1) is 42.1 Å². The van der Waals surface area contributed by atoms with Crippen LogP contribution in [0.1, 0.15) is 66.0 Å². The van der Waals surface area contributed by atoms with Gasteiger partial charge in [-0.2, -0.15) is 0 Å². The van der Waals surface area contributed by atoms with Gasteiger partial charge in [0.1, 0.15) is 11.4 Å². The zero-order valence-corrected chi connectivity index (χ0v) is 27.0. The van der Waals surface area contributed by atoms with E-state index in [4.69, 9.17) is 13.9 Å². The van der Waals surface area contributed by atoms with Crippen LogP contribution in [-0.2, 0) is 30.2 Å². The molecule has 3 heterocycles. The summed E-state index contributed by atoms with van der Waals surface area (Å²) in [5.41, 5.74) is -0.624. The van der Waals surface area contributed by atoms with Gasteiger partial charge in [-0.25, -0.2) is 14.8 Å². The smallest absolute Gasteiger partial charge is 0.407 e. The lowest BCUT2D eigenvalue weighted by Gasteiger charge is -2.30. The first kappa shape index (κ1) is 33.8. The second-order valence-corrected chi connectivity index (χ2v) is 14.4. The van der Waals surface area contributed by atoms with Crippen LogP contribution in [0.4, 0.5) is 9.93 Å². The van der Waals surface area contributed by atoms with Gasteiger partial charge in [0, 0.05) is 24.4 Å². The number of hydrogen-bond donors (Lipinski definition) is 3. The van der Waals surface area contributed by atoms with Gasteiger partial charge in [0.2, 0.25) is 17.7 Å². The topological polar surface area (TPSA) is 148 Å². The van der Waals surface area contributed by atoms with Crippen LogP contribution in [0.3, 0.4) is 0 Å². The summed E-state index contributed by atoms with van der Waals surface area (Å²) >= 11 is 3.01. The Labute approximate surface area is 256 Å². The van der Waals surface area contributed by atoms with E-state index < -0.39 is 11.7 Å². The van der Waals surface area contributed by atoms with E-state index in [1.807, 2.05) is 0 Å². The van der Waals surface area contributed by atoms with Gasteiger partial charge in [-0.05, 0) is 46.7 Å². The Morgan fingerprint density at radius 1 is 1.05 bits per heavy atom. The third-order valence-electron chi connectivity index (χ3n) is 6.15. The summed E-state index contributed by atoms with van der Waals surface area (Å²) in [5, 5.41) is 8.99. The monoisotopic (exact) mass is 624 g/mol.